The van der Waals surface area contributed by atoms with E-state index in [4.69, 9.17) is 11.6 Å². The van der Waals surface area contributed by atoms with Crippen LogP contribution in [0, 0.1) is 0 Å². The van der Waals surface area contributed by atoms with Gasteiger partial charge in [0.05, 0.1) is 5.75 Å². The number of hydrogen-bond acceptors (Lipinski definition) is 3. The van der Waals surface area contributed by atoms with E-state index in [1.54, 1.807) is 28.6 Å². The van der Waals surface area contributed by atoms with Gasteiger partial charge in [-0.1, -0.05) is 24.9 Å². The molecule has 0 atom stereocenters. The van der Waals surface area contributed by atoms with Crippen LogP contribution >= 0.6 is 11.6 Å². The van der Waals surface area contributed by atoms with Crippen LogP contribution in [-0.2, 0) is 10.0 Å². The third kappa shape index (κ3) is 5.19. The van der Waals surface area contributed by atoms with E-state index < -0.39 is 10.0 Å². The summed E-state index contributed by atoms with van der Waals surface area (Å²) in [6, 6.07) is 6.73. The normalized spacial score (nSPS) is 17.1. The van der Waals surface area contributed by atoms with Gasteiger partial charge in [-0.15, -0.1) is 0 Å². The van der Waals surface area contributed by atoms with Gasteiger partial charge in [0.25, 0.3) is 5.91 Å². The Balaban J connectivity index is 1.85. The maximum atomic E-state index is 12.2. The summed E-state index contributed by atoms with van der Waals surface area (Å²) in [6.45, 7) is 2.92. The molecule has 1 saturated heterocycles. The van der Waals surface area contributed by atoms with E-state index in [1.807, 2.05) is 6.92 Å². The Bertz CT molecular complexity index is 623. The Morgan fingerprint density at radius 2 is 1.87 bits per heavy atom. The molecule has 23 heavy (non-hydrogen) atoms. The number of halogens is 1. The predicted molar refractivity (Wildman–Crippen MR) is 92.2 cm³/mol. The zero-order chi connectivity index (χ0) is 16.9. The summed E-state index contributed by atoms with van der Waals surface area (Å²) < 4.78 is 25.9. The molecule has 7 heteroatoms. The monoisotopic (exact) mass is 358 g/mol. The van der Waals surface area contributed by atoms with Crippen LogP contribution < -0.4 is 5.32 Å². The quantitative estimate of drug-likeness (QED) is 0.850. The summed E-state index contributed by atoms with van der Waals surface area (Å²) in [5.41, 5.74) is 0.562. The lowest BCUT2D eigenvalue weighted by atomic mass is 10.1. The topological polar surface area (TPSA) is 66.5 Å². The summed E-state index contributed by atoms with van der Waals surface area (Å²) in [6.07, 6.45) is 2.85. The van der Waals surface area contributed by atoms with Crippen molar-refractivity contribution in [2.45, 2.75) is 38.6 Å². The maximum Gasteiger partial charge on any atom is 0.251 e. The average molecular weight is 359 g/mol. The molecule has 5 nitrogen and oxygen atoms in total. The highest BCUT2D eigenvalue weighted by Crippen LogP contribution is 2.16. The van der Waals surface area contributed by atoms with Gasteiger partial charge in [-0.2, -0.15) is 0 Å². The first kappa shape index (κ1) is 18.2. The Hall–Kier alpha value is -1.11. The van der Waals surface area contributed by atoms with Gasteiger partial charge in [0, 0.05) is 29.7 Å². The van der Waals surface area contributed by atoms with E-state index in [2.05, 4.69) is 5.32 Å². The number of carbonyl (C=O) groups is 1. The number of nitrogens with zero attached hydrogens (tertiary/aromatic N) is 1. The van der Waals surface area contributed by atoms with Crippen molar-refractivity contribution in [1.82, 2.24) is 9.62 Å². The molecule has 0 unspecified atom stereocenters. The summed E-state index contributed by atoms with van der Waals surface area (Å²) in [5.74, 6) is 0.0691. The van der Waals surface area contributed by atoms with E-state index in [9.17, 15) is 13.2 Å². The largest absolute Gasteiger partial charge is 0.349 e. The van der Waals surface area contributed by atoms with E-state index in [0.717, 1.165) is 6.42 Å². The van der Waals surface area contributed by atoms with Gasteiger partial charge in [-0.25, -0.2) is 12.7 Å². The van der Waals surface area contributed by atoms with Crippen LogP contribution in [0.25, 0.3) is 0 Å². The summed E-state index contributed by atoms with van der Waals surface area (Å²) in [4.78, 5) is 12.2. The number of piperidine rings is 1. The number of unbranched alkanes of at least 4 members (excludes halogenated alkanes) is 1. The van der Waals surface area contributed by atoms with E-state index >= 15 is 0 Å². The van der Waals surface area contributed by atoms with Crippen molar-refractivity contribution in [3.05, 3.63) is 34.9 Å². The molecule has 0 aromatic heterocycles. The highest BCUT2D eigenvalue weighted by atomic mass is 35.5. The standard InChI is InChI=1S/C16H23ClN2O3S/c1-2-3-12-23(21,22)19-10-8-15(9-11-19)18-16(20)13-4-6-14(17)7-5-13/h4-7,15H,2-3,8-12H2,1H3,(H,18,20). The smallest absolute Gasteiger partial charge is 0.251 e. The zero-order valence-corrected chi connectivity index (χ0v) is 14.9. The Morgan fingerprint density at radius 1 is 1.26 bits per heavy atom. The van der Waals surface area contributed by atoms with Crippen LogP contribution in [0.2, 0.25) is 5.02 Å². The Labute approximate surface area is 143 Å². The highest BCUT2D eigenvalue weighted by Gasteiger charge is 2.28. The van der Waals surface area contributed by atoms with Crippen LogP contribution in [0.15, 0.2) is 24.3 Å². The molecule has 2 rings (SSSR count). The van der Waals surface area contributed by atoms with Crippen LogP contribution in [0.5, 0.6) is 0 Å². The predicted octanol–water partition coefficient (Wildman–Crippen LogP) is 2.66. The molecule has 0 saturated carbocycles. The molecular formula is C16H23ClN2O3S. The first-order chi connectivity index (χ1) is 10.9. The second-order valence-corrected chi connectivity index (χ2v) is 8.35. The van der Waals surface area contributed by atoms with Crippen molar-refractivity contribution < 1.29 is 13.2 Å². The van der Waals surface area contributed by atoms with Gasteiger partial charge in [-0.3, -0.25) is 4.79 Å². The Kier molecular flexibility index (Phi) is 6.44. The van der Waals surface area contributed by atoms with Gasteiger partial charge in [-0.05, 0) is 43.5 Å². The fourth-order valence-electron chi connectivity index (χ4n) is 2.60. The van der Waals surface area contributed by atoms with Crippen molar-refractivity contribution in [2.75, 3.05) is 18.8 Å². The van der Waals surface area contributed by atoms with E-state index in [-0.39, 0.29) is 17.7 Å². The molecule has 1 N–H and O–H groups in total. The molecule has 0 radical (unpaired) electrons. The minimum Gasteiger partial charge on any atom is -0.349 e. The Morgan fingerprint density at radius 3 is 2.43 bits per heavy atom. The maximum absolute atomic E-state index is 12.2. The highest BCUT2D eigenvalue weighted by molar-refractivity contribution is 7.89. The van der Waals surface area contributed by atoms with E-state index in [1.165, 1.54) is 0 Å². The third-order valence-electron chi connectivity index (χ3n) is 4.04. The minimum atomic E-state index is -3.15. The third-order valence-corrected chi connectivity index (χ3v) is 6.25. The number of rotatable bonds is 6. The second-order valence-electron chi connectivity index (χ2n) is 5.82. The first-order valence-electron chi connectivity index (χ1n) is 7.96. The van der Waals surface area contributed by atoms with E-state index in [0.29, 0.717) is 42.9 Å². The number of hydrogen-bond donors (Lipinski definition) is 1. The first-order valence-corrected chi connectivity index (χ1v) is 9.95. The molecule has 0 aliphatic carbocycles. The average Bonchev–Trinajstić information content (AvgIpc) is 2.54. The molecule has 1 heterocycles. The van der Waals surface area contributed by atoms with Gasteiger partial charge < -0.3 is 5.32 Å². The number of carbonyl (C=O) groups excluding carboxylic acids is 1. The molecular weight excluding hydrogens is 336 g/mol. The molecule has 1 aliphatic rings. The van der Waals surface area contributed by atoms with Gasteiger partial charge in [0.15, 0.2) is 0 Å². The van der Waals surface area contributed by atoms with Crippen molar-refractivity contribution in [3.8, 4) is 0 Å². The lowest BCUT2D eigenvalue weighted by Gasteiger charge is -2.31. The molecule has 0 spiro atoms. The minimum absolute atomic E-state index is 0.0100. The van der Waals surface area contributed by atoms with Crippen molar-refractivity contribution in [1.29, 1.82) is 0 Å². The number of nitrogens with one attached hydrogen (secondary N) is 1. The summed E-state index contributed by atoms with van der Waals surface area (Å²) >= 11 is 5.81. The molecule has 1 aliphatic heterocycles. The van der Waals surface area contributed by atoms with Crippen molar-refractivity contribution in [3.63, 3.8) is 0 Å². The van der Waals surface area contributed by atoms with Crippen molar-refractivity contribution >= 4 is 27.5 Å². The second kappa shape index (κ2) is 8.13. The summed E-state index contributed by atoms with van der Waals surface area (Å²) in [7, 11) is -3.15. The molecule has 1 amide bonds. The van der Waals surface area contributed by atoms with Crippen molar-refractivity contribution in [2.24, 2.45) is 0 Å². The fourth-order valence-corrected chi connectivity index (χ4v) is 4.41. The van der Waals surface area contributed by atoms with Crippen LogP contribution in [0.1, 0.15) is 43.0 Å². The van der Waals surface area contributed by atoms with Crippen LogP contribution in [-0.4, -0.2) is 43.5 Å². The summed E-state index contributed by atoms with van der Waals surface area (Å²) in [5, 5.41) is 3.56. The van der Waals surface area contributed by atoms with Crippen LogP contribution in [0.4, 0.5) is 0 Å². The van der Waals surface area contributed by atoms with Gasteiger partial charge in [0.2, 0.25) is 10.0 Å². The fraction of sp³-hybridized carbons (Fsp3) is 0.562. The SMILES string of the molecule is CCCCS(=O)(=O)N1CCC(NC(=O)c2ccc(Cl)cc2)CC1. The van der Waals surface area contributed by atoms with Gasteiger partial charge >= 0.3 is 0 Å². The molecule has 1 fully saturated rings. The number of amides is 1. The lowest BCUT2D eigenvalue weighted by molar-refractivity contribution is 0.0924. The number of benzene rings is 1. The molecule has 128 valence electrons. The zero-order valence-electron chi connectivity index (χ0n) is 13.3. The molecule has 1 aromatic carbocycles. The van der Waals surface area contributed by atoms with Gasteiger partial charge in [0.1, 0.15) is 0 Å². The number of sulfonamides is 1. The lowest BCUT2D eigenvalue weighted by Crippen LogP contribution is -2.47. The molecule has 0 bridgehead atoms. The molecule has 1 aromatic rings. The van der Waals surface area contributed by atoms with Crippen LogP contribution in [0.3, 0.4) is 0 Å².